The molecule has 5 N–H and O–H groups in total. The summed E-state index contributed by atoms with van der Waals surface area (Å²) in [4.78, 5) is 0. The molecule has 8 atom stereocenters. The van der Waals surface area contributed by atoms with Crippen LogP contribution in [0.4, 0.5) is 0 Å². The monoisotopic (exact) mass is 394 g/mol. The van der Waals surface area contributed by atoms with Crippen LogP contribution in [-0.4, -0.2) is 94.6 Å². The molecule has 2 rings (SSSR count). The predicted octanol–water partition coefficient (Wildman–Crippen LogP) is -0.734. The molecule has 0 aromatic rings. The Kier molecular flexibility index (Phi) is 9.85. The zero-order valence-corrected chi connectivity index (χ0v) is 15.9. The molecule has 0 aromatic heterocycles. The molecule has 0 radical (unpaired) electrons. The van der Waals surface area contributed by atoms with E-state index in [-0.39, 0.29) is 0 Å². The van der Waals surface area contributed by atoms with E-state index >= 15 is 0 Å². The largest absolute Gasteiger partial charge is 0.394 e. The van der Waals surface area contributed by atoms with Crippen LogP contribution in [0, 0.1) is 0 Å². The number of ether oxygens (including phenoxy) is 4. The quantitative estimate of drug-likeness (QED) is 0.271. The third-order valence-corrected chi connectivity index (χ3v) is 5.04. The summed E-state index contributed by atoms with van der Waals surface area (Å²) in [5.41, 5.74) is 0. The summed E-state index contributed by atoms with van der Waals surface area (Å²) < 4.78 is 21.9. The van der Waals surface area contributed by atoms with Crippen molar-refractivity contribution in [1.82, 2.24) is 0 Å². The maximum absolute atomic E-state index is 10.4. The Labute approximate surface area is 159 Å². The molecule has 2 heterocycles. The molecule has 0 aromatic carbocycles. The van der Waals surface area contributed by atoms with Crippen molar-refractivity contribution in [1.29, 1.82) is 0 Å². The second-order valence-corrected chi connectivity index (χ2v) is 7.16. The molecule has 0 aliphatic carbocycles. The number of aliphatic hydroxyl groups excluding tert-OH is 5. The minimum atomic E-state index is -1.38. The Balaban J connectivity index is 1.78. The number of aliphatic hydroxyl groups is 5. The number of unbranched alkanes of at least 4 members (excludes halogenated alkanes) is 5. The smallest absolute Gasteiger partial charge is 0.187 e. The zero-order chi connectivity index (χ0) is 19.8. The lowest BCUT2D eigenvalue weighted by Crippen LogP contribution is -2.43. The molecule has 0 amide bonds. The Morgan fingerprint density at radius 3 is 2.00 bits per heavy atom. The van der Waals surface area contributed by atoms with Crippen molar-refractivity contribution < 1.29 is 44.5 Å². The molecule has 2 aliphatic rings. The van der Waals surface area contributed by atoms with Crippen molar-refractivity contribution in [3.8, 4) is 0 Å². The molecule has 0 bridgehead atoms. The minimum absolute atomic E-state index is 0.409. The molecule has 2 fully saturated rings. The van der Waals surface area contributed by atoms with Crippen molar-refractivity contribution in [3.05, 3.63) is 0 Å². The van der Waals surface area contributed by atoms with Crippen molar-refractivity contribution in [2.24, 2.45) is 0 Å². The highest BCUT2D eigenvalue weighted by Gasteiger charge is 2.50. The van der Waals surface area contributed by atoms with Crippen molar-refractivity contribution >= 4 is 0 Å². The van der Waals surface area contributed by atoms with Gasteiger partial charge in [-0.1, -0.05) is 39.0 Å². The van der Waals surface area contributed by atoms with E-state index in [0.717, 1.165) is 19.3 Å². The van der Waals surface area contributed by atoms with Crippen LogP contribution in [0.15, 0.2) is 0 Å². The molecule has 2 aliphatic heterocycles. The summed E-state index contributed by atoms with van der Waals surface area (Å²) in [5.74, 6) is 0. The summed E-state index contributed by atoms with van der Waals surface area (Å²) in [6.07, 6.45) is -2.22. The lowest BCUT2D eigenvalue weighted by atomic mass is 10.1. The van der Waals surface area contributed by atoms with E-state index < -0.39 is 62.4 Å². The van der Waals surface area contributed by atoms with Gasteiger partial charge >= 0.3 is 0 Å². The first-order valence-corrected chi connectivity index (χ1v) is 9.87. The molecule has 9 heteroatoms. The molecule has 0 spiro atoms. The van der Waals surface area contributed by atoms with Gasteiger partial charge in [-0.15, -0.1) is 0 Å². The number of rotatable bonds is 12. The summed E-state index contributed by atoms with van der Waals surface area (Å²) in [5, 5.41) is 48.8. The van der Waals surface area contributed by atoms with Gasteiger partial charge in [0.2, 0.25) is 0 Å². The molecule has 2 saturated heterocycles. The standard InChI is InChI=1S/C18H34O9/c1-2-3-4-5-6-7-8-24-17-15(23)16(12(10-20)26-17)27-18-14(22)13(21)11(9-19)25-18/h11-23H,2-10H2,1H3/t11-,12-,13-,14+,15+,16-,17+,18-/m1/s1. The lowest BCUT2D eigenvalue weighted by Gasteiger charge is -2.24. The lowest BCUT2D eigenvalue weighted by molar-refractivity contribution is -0.215. The minimum Gasteiger partial charge on any atom is -0.394 e. The fraction of sp³-hybridized carbons (Fsp3) is 1.00. The van der Waals surface area contributed by atoms with Gasteiger partial charge in [-0.25, -0.2) is 0 Å². The second-order valence-electron chi connectivity index (χ2n) is 7.16. The van der Waals surface area contributed by atoms with Gasteiger partial charge in [0, 0.05) is 6.61 Å². The van der Waals surface area contributed by atoms with Gasteiger partial charge in [0.1, 0.15) is 36.6 Å². The first-order chi connectivity index (χ1) is 13.0. The molecule has 27 heavy (non-hydrogen) atoms. The van der Waals surface area contributed by atoms with Gasteiger partial charge in [-0.05, 0) is 6.42 Å². The van der Waals surface area contributed by atoms with Crippen molar-refractivity contribution in [2.75, 3.05) is 19.8 Å². The van der Waals surface area contributed by atoms with E-state index in [1.54, 1.807) is 0 Å². The molecule has 0 saturated carbocycles. The first-order valence-electron chi connectivity index (χ1n) is 9.87. The summed E-state index contributed by atoms with van der Waals surface area (Å²) >= 11 is 0. The van der Waals surface area contributed by atoms with Crippen LogP contribution < -0.4 is 0 Å². The van der Waals surface area contributed by atoms with Crippen LogP contribution in [0.25, 0.3) is 0 Å². The number of hydrogen-bond donors (Lipinski definition) is 5. The first kappa shape index (κ1) is 22.9. The molecule has 160 valence electrons. The SMILES string of the molecule is CCCCCCCCO[C@H]1O[C@H](CO)[C@@H](O[C@H]2O[C@H](CO)[C@@H](O)[C@@H]2O)[C@@H]1O. The highest BCUT2D eigenvalue weighted by molar-refractivity contribution is 4.92. The van der Waals surface area contributed by atoms with E-state index in [2.05, 4.69) is 6.92 Å². The molecule has 9 nitrogen and oxygen atoms in total. The van der Waals surface area contributed by atoms with Gasteiger partial charge < -0.3 is 44.5 Å². The summed E-state index contributed by atoms with van der Waals surface area (Å²) in [6.45, 7) is 1.70. The van der Waals surface area contributed by atoms with Gasteiger partial charge in [0.25, 0.3) is 0 Å². The highest BCUT2D eigenvalue weighted by atomic mass is 16.8. The third kappa shape index (κ3) is 6.06. The van der Waals surface area contributed by atoms with Crippen LogP contribution >= 0.6 is 0 Å². The van der Waals surface area contributed by atoms with Crippen LogP contribution in [0.2, 0.25) is 0 Å². The van der Waals surface area contributed by atoms with Gasteiger partial charge in [0.15, 0.2) is 12.6 Å². The molecular weight excluding hydrogens is 360 g/mol. The molecule has 0 unspecified atom stereocenters. The summed E-state index contributed by atoms with van der Waals surface area (Å²) in [7, 11) is 0. The summed E-state index contributed by atoms with van der Waals surface area (Å²) in [6, 6.07) is 0. The van der Waals surface area contributed by atoms with Crippen LogP contribution in [0.3, 0.4) is 0 Å². The highest BCUT2D eigenvalue weighted by Crippen LogP contribution is 2.30. The van der Waals surface area contributed by atoms with Crippen LogP contribution in [-0.2, 0) is 18.9 Å². The zero-order valence-electron chi connectivity index (χ0n) is 15.9. The normalized spacial score (nSPS) is 39.3. The van der Waals surface area contributed by atoms with Crippen LogP contribution in [0.5, 0.6) is 0 Å². The van der Waals surface area contributed by atoms with E-state index in [4.69, 9.17) is 24.1 Å². The second kappa shape index (κ2) is 11.6. The van der Waals surface area contributed by atoms with Gasteiger partial charge in [-0.2, -0.15) is 0 Å². The Morgan fingerprint density at radius 2 is 1.37 bits per heavy atom. The third-order valence-electron chi connectivity index (χ3n) is 5.04. The van der Waals surface area contributed by atoms with E-state index in [9.17, 15) is 20.4 Å². The Hall–Kier alpha value is -0.360. The van der Waals surface area contributed by atoms with Gasteiger partial charge in [-0.3, -0.25) is 0 Å². The fourth-order valence-corrected chi connectivity index (χ4v) is 3.37. The fourth-order valence-electron chi connectivity index (χ4n) is 3.37. The maximum atomic E-state index is 10.4. The van der Waals surface area contributed by atoms with E-state index in [0.29, 0.717) is 6.61 Å². The molecular formula is C18H34O9. The van der Waals surface area contributed by atoms with E-state index in [1.165, 1.54) is 19.3 Å². The Morgan fingerprint density at radius 1 is 0.741 bits per heavy atom. The topological polar surface area (TPSA) is 138 Å². The van der Waals surface area contributed by atoms with Crippen LogP contribution in [0.1, 0.15) is 45.4 Å². The predicted molar refractivity (Wildman–Crippen MR) is 93.7 cm³/mol. The average molecular weight is 394 g/mol. The average Bonchev–Trinajstić information content (AvgIpc) is 3.12. The van der Waals surface area contributed by atoms with Crippen molar-refractivity contribution in [2.45, 2.75) is 94.7 Å². The van der Waals surface area contributed by atoms with E-state index in [1.807, 2.05) is 0 Å². The Bertz CT molecular complexity index is 410. The maximum Gasteiger partial charge on any atom is 0.187 e. The van der Waals surface area contributed by atoms with Gasteiger partial charge in [0.05, 0.1) is 13.2 Å². The number of hydrogen-bond acceptors (Lipinski definition) is 9. The van der Waals surface area contributed by atoms with Crippen molar-refractivity contribution in [3.63, 3.8) is 0 Å².